The number of hydrogen-bond donors (Lipinski definition) is 3. The molecule has 1 fully saturated rings. The molecule has 3 aromatic rings. The second-order valence-corrected chi connectivity index (χ2v) is 9.32. The highest BCUT2D eigenvalue weighted by molar-refractivity contribution is 7.99. The molecule has 8 heteroatoms. The van der Waals surface area contributed by atoms with E-state index in [1.165, 1.54) is 0 Å². The Morgan fingerprint density at radius 3 is 2.43 bits per heavy atom. The third kappa shape index (κ3) is 7.29. The number of nitrogens with one attached hydrogen (secondary N) is 2. The Morgan fingerprint density at radius 2 is 1.74 bits per heavy atom. The molecule has 3 N–H and O–H groups in total. The zero-order valence-electron chi connectivity index (χ0n) is 19.7. The number of carbonyl (C=O) groups excluding carboxylic acids is 1. The van der Waals surface area contributed by atoms with Gasteiger partial charge in [-0.2, -0.15) is 0 Å². The largest absolute Gasteiger partial charge is 0.392 e. The summed E-state index contributed by atoms with van der Waals surface area (Å²) < 4.78 is 12.8. The third-order valence-electron chi connectivity index (χ3n) is 5.71. The summed E-state index contributed by atoms with van der Waals surface area (Å²) in [5.41, 5.74) is 3.85. The molecule has 4 rings (SSSR count). The molecule has 1 aliphatic rings. The van der Waals surface area contributed by atoms with Crippen LogP contribution in [0.15, 0.2) is 78.0 Å². The molecule has 184 valence electrons. The predicted molar refractivity (Wildman–Crippen MR) is 136 cm³/mol. The summed E-state index contributed by atoms with van der Waals surface area (Å²) in [5, 5.41) is 15.9. The summed E-state index contributed by atoms with van der Waals surface area (Å²) in [6.07, 6.45) is 1.86. The minimum atomic E-state index is -0.508. The number of ether oxygens (including phenoxy) is 2. The Hall–Kier alpha value is -2.91. The van der Waals surface area contributed by atoms with Gasteiger partial charge in [-0.15, -0.1) is 11.8 Å². The Bertz CT molecular complexity index is 1060. The Balaban J connectivity index is 1.46. The van der Waals surface area contributed by atoms with Crippen LogP contribution in [0.1, 0.15) is 48.0 Å². The van der Waals surface area contributed by atoms with Crippen LogP contribution in [0.3, 0.4) is 0 Å². The SMILES string of the molecule is CCNC(=O)NCc1ccc([C@H]2O[C@@H](CSc3ccccn3)C[C@@H](c3ccc(CO)cc3)O2)cc1. The first kappa shape index (κ1) is 25.2. The minimum Gasteiger partial charge on any atom is -0.392 e. The molecule has 3 atom stereocenters. The van der Waals surface area contributed by atoms with Crippen molar-refractivity contribution in [2.45, 2.75) is 50.0 Å². The van der Waals surface area contributed by atoms with Gasteiger partial charge in [-0.25, -0.2) is 9.78 Å². The maximum Gasteiger partial charge on any atom is 0.315 e. The lowest BCUT2D eigenvalue weighted by atomic mass is 10.0. The van der Waals surface area contributed by atoms with Crippen LogP contribution in [-0.4, -0.2) is 34.5 Å². The maximum absolute atomic E-state index is 11.7. The quantitative estimate of drug-likeness (QED) is 0.373. The number of aliphatic hydroxyl groups is 1. The number of aromatic nitrogens is 1. The van der Waals surface area contributed by atoms with Gasteiger partial charge in [0, 0.05) is 37.0 Å². The van der Waals surface area contributed by atoms with Crippen molar-refractivity contribution >= 4 is 17.8 Å². The zero-order valence-corrected chi connectivity index (χ0v) is 20.5. The van der Waals surface area contributed by atoms with Crippen LogP contribution in [0.4, 0.5) is 4.79 Å². The van der Waals surface area contributed by atoms with Gasteiger partial charge in [0.2, 0.25) is 0 Å². The predicted octanol–water partition coefficient (Wildman–Crippen LogP) is 4.73. The van der Waals surface area contributed by atoms with Crippen LogP contribution in [0.5, 0.6) is 0 Å². The maximum atomic E-state index is 11.7. The van der Waals surface area contributed by atoms with E-state index in [9.17, 15) is 9.90 Å². The summed E-state index contributed by atoms with van der Waals surface area (Å²) in [6.45, 7) is 2.93. The van der Waals surface area contributed by atoms with Crippen LogP contribution in [0.2, 0.25) is 0 Å². The second kappa shape index (κ2) is 12.7. The number of aliphatic hydroxyl groups excluding tert-OH is 1. The molecule has 2 heterocycles. The lowest BCUT2D eigenvalue weighted by Crippen LogP contribution is -2.34. The smallest absolute Gasteiger partial charge is 0.315 e. The number of carbonyl (C=O) groups is 1. The molecule has 0 radical (unpaired) electrons. The fourth-order valence-electron chi connectivity index (χ4n) is 3.83. The third-order valence-corrected chi connectivity index (χ3v) is 6.79. The number of hydrogen-bond acceptors (Lipinski definition) is 6. The van der Waals surface area contributed by atoms with E-state index in [2.05, 4.69) is 15.6 Å². The minimum absolute atomic E-state index is 0.0161. The fraction of sp³-hybridized carbons (Fsp3) is 0.333. The van der Waals surface area contributed by atoms with Crippen LogP contribution in [-0.2, 0) is 22.6 Å². The van der Waals surface area contributed by atoms with E-state index in [0.29, 0.717) is 13.1 Å². The standard InChI is InChI=1S/C27H31N3O4S/c1-2-28-27(32)30-16-19-6-12-22(13-7-19)26-33-23(18-35-25-5-3-4-14-29-25)15-24(34-26)21-10-8-20(17-31)9-11-21/h3-14,23-24,26,31H,2,15-18H2,1H3,(H2,28,30,32)/t23-,24+,26+/m1/s1. The molecule has 1 aliphatic heterocycles. The lowest BCUT2D eigenvalue weighted by molar-refractivity contribution is -0.245. The first-order valence-electron chi connectivity index (χ1n) is 11.8. The van der Waals surface area contributed by atoms with Gasteiger partial charge in [-0.3, -0.25) is 0 Å². The van der Waals surface area contributed by atoms with E-state index in [1.54, 1.807) is 18.0 Å². The van der Waals surface area contributed by atoms with Crippen molar-refractivity contribution in [2.75, 3.05) is 12.3 Å². The molecule has 0 bridgehead atoms. The summed E-state index contributed by atoms with van der Waals surface area (Å²) in [5.74, 6) is 0.761. The molecule has 1 saturated heterocycles. The topological polar surface area (TPSA) is 92.7 Å². The number of urea groups is 1. The molecular weight excluding hydrogens is 462 g/mol. The van der Waals surface area contributed by atoms with Gasteiger partial charge in [0.15, 0.2) is 6.29 Å². The number of rotatable bonds is 9. The fourth-order valence-corrected chi connectivity index (χ4v) is 4.71. The molecule has 7 nitrogen and oxygen atoms in total. The average Bonchev–Trinajstić information content (AvgIpc) is 2.92. The van der Waals surface area contributed by atoms with E-state index in [0.717, 1.165) is 39.5 Å². The van der Waals surface area contributed by atoms with E-state index in [4.69, 9.17) is 9.47 Å². The van der Waals surface area contributed by atoms with Crippen LogP contribution < -0.4 is 10.6 Å². The molecular formula is C27H31N3O4S. The average molecular weight is 494 g/mol. The Labute approximate surface area is 210 Å². The van der Waals surface area contributed by atoms with Gasteiger partial charge in [-0.05, 0) is 35.7 Å². The number of benzene rings is 2. The molecule has 2 amide bonds. The van der Waals surface area contributed by atoms with Crippen molar-refractivity contribution in [3.8, 4) is 0 Å². The van der Waals surface area contributed by atoms with Gasteiger partial charge >= 0.3 is 6.03 Å². The number of pyridine rings is 1. The van der Waals surface area contributed by atoms with E-state index in [-0.39, 0.29) is 24.8 Å². The molecule has 0 unspecified atom stereocenters. The Kier molecular flexibility index (Phi) is 9.14. The highest BCUT2D eigenvalue weighted by Gasteiger charge is 2.32. The van der Waals surface area contributed by atoms with E-state index < -0.39 is 6.29 Å². The van der Waals surface area contributed by atoms with Crippen molar-refractivity contribution in [1.82, 2.24) is 15.6 Å². The monoisotopic (exact) mass is 493 g/mol. The first-order chi connectivity index (χ1) is 17.1. The van der Waals surface area contributed by atoms with Crippen LogP contribution in [0.25, 0.3) is 0 Å². The van der Waals surface area contributed by atoms with Gasteiger partial charge < -0.3 is 25.2 Å². The highest BCUT2D eigenvalue weighted by Crippen LogP contribution is 2.39. The molecule has 0 spiro atoms. The first-order valence-corrected chi connectivity index (χ1v) is 12.8. The normalized spacial score (nSPS) is 19.8. The van der Waals surface area contributed by atoms with Gasteiger partial charge in [0.1, 0.15) is 0 Å². The highest BCUT2D eigenvalue weighted by atomic mass is 32.2. The second-order valence-electron chi connectivity index (χ2n) is 8.28. The van der Waals surface area contributed by atoms with E-state index >= 15 is 0 Å². The number of thioether (sulfide) groups is 1. The van der Waals surface area contributed by atoms with E-state index in [1.807, 2.05) is 73.7 Å². The Morgan fingerprint density at radius 1 is 1.00 bits per heavy atom. The molecule has 35 heavy (non-hydrogen) atoms. The van der Waals surface area contributed by atoms with Crippen molar-refractivity contribution in [3.05, 3.63) is 95.2 Å². The van der Waals surface area contributed by atoms with Crippen molar-refractivity contribution < 1.29 is 19.4 Å². The van der Waals surface area contributed by atoms with Crippen LogP contribution >= 0.6 is 11.8 Å². The van der Waals surface area contributed by atoms with Crippen molar-refractivity contribution in [3.63, 3.8) is 0 Å². The van der Waals surface area contributed by atoms with Gasteiger partial charge in [0.25, 0.3) is 0 Å². The summed E-state index contributed by atoms with van der Waals surface area (Å²) >= 11 is 1.67. The van der Waals surface area contributed by atoms with Gasteiger partial charge in [-0.1, -0.05) is 54.6 Å². The summed E-state index contributed by atoms with van der Waals surface area (Å²) in [4.78, 5) is 16.1. The zero-order chi connectivity index (χ0) is 24.5. The number of amides is 2. The molecule has 2 aromatic carbocycles. The lowest BCUT2D eigenvalue weighted by Gasteiger charge is -2.36. The van der Waals surface area contributed by atoms with Crippen molar-refractivity contribution in [1.29, 1.82) is 0 Å². The molecule has 0 saturated carbocycles. The van der Waals surface area contributed by atoms with Crippen molar-refractivity contribution in [2.24, 2.45) is 0 Å². The summed E-state index contributed by atoms with van der Waals surface area (Å²) in [6, 6.07) is 21.5. The molecule has 1 aromatic heterocycles. The van der Waals surface area contributed by atoms with Gasteiger partial charge in [0.05, 0.1) is 23.8 Å². The number of nitrogens with zero attached hydrogens (tertiary/aromatic N) is 1. The summed E-state index contributed by atoms with van der Waals surface area (Å²) in [7, 11) is 0. The van der Waals surface area contributed by atoms with Crippen LogP contribution in [0, 0.1) is 0 Å². The molecule has 0 aliphatic carbocycles.